The van der Waals surface area contributed by atoms with E-state index in [0.717, 1.165) is 25.7 Å². The first kappa shape index (κ1) is 53.1. The number of carbonyl (C=O) groups excluding carboxylic acids is 1. The van der Waals surface area contributed by atoms with E-state index in [2.05, 4.69) is 31.3 Å². The van der Waals surface area contributed by atoms with Crippen LogP contribution in [0.25, 0.3) is 0 Å². The fourth-order valence-electron chi connectivity index (χ4n) is 7.95. The Hall–Kier alpha value is -0.870. The molecule has 0 aliphatic carbocycles. The lowest BCUT2D eigenvalue weighted by Crippen LogP contribution is -2.45. The molecule has 1 amide bonds. The molecule has 54 heavy (non-hydrogen) atoms. The van der Waals surface area contributed by atoms with Gasteiger partial charge in [-0.2, -0.15) is 0 Å². The average Bonchev–Trinajstić information content (AvgIpc) is 3.18. The van der Waals surface area contributed by atoms with Crippen molar-refractivity contribution < 1.29 is 15.0 Å². The predicted molar refractivity (Wildman–Crippen MR) is 239 cm³/mol. The van der Waals surface area contributed by atoms with Gasteiger partial charge in [0.1, 0.15) is 0 Å². The van der Waals surface area contributed by atoms with E-state index in [9.17, 15) is 15.0 Å². The van der Waals surface area contributed by atoms with Gasteiger partial charge in [-0.05, 0) is 38.5 Å². The molecule has 4 nitrogen and oxygen atoms in total. The van der Waals surface area contributed by atoms with Crippen molar-refractivity contribution in [3.8, 4) is 0 Å². The van der Waals surface area contributed by atoms with Crippen LogP contribution in [0.5, 0.6) is 0 Å². The lowest BCUT2D eigenvalue weighted by molar-refractivity contribution is -0.123. The topological polar surface area (TPSA) is 69.6 Å². The number of allylic oxidation sites excluding steroid dienone is 2. The molecule has 4 heteroatoms. The van der Waals surface area contributed by atoms with Crippen LogP contribution >= 0.6 is 0 Å². The smallest absolute Gasteiger partial charge is 0.220 e. The van der Waals surface area contributed by atoms with Crippen LogP contribution in [0, 0.1) is 0 Å². The Morgan fingerprint density at radius 1 is 0.426 bits per heavy atom. The Labute approximate surface area is 339 Å². The number of nitrogens with one attached hydrogen (secondary N) is 1. The van der Waals surface area contributed by atoms with Gasteiger partial charge in [0.05, 0.1) is 18.8 Å². The van der Waals surface area contributed by atoms with Gasteiger partial charge in [0.15, 0.2) is 0 Å². The fourth-order valence-corrected chi connectivity index (χ4v) is 7.95. The third-order valence-corrected chi connectivity index (χ3v) is 11.8. The van der Waals surface area contributed by atoms with Crippen LogP contribution in [0.2, 0.25) is 0 Å². The summed E-state index contributed by atoms with van der Waals surface area (Å²) >= 11 is 0. The second-order valence-corrected chi connectivity index (χ2v) is 17.2. The Morgan fingerprint density at radius 2 is 0.704 bits per heavy atom. The molecule has 0 aliphatic heterocycles. The van der Waals surface area contributed by atoms with Crippen LogP contribution in [0.4, 0.5) is 0 Å². The summed E-state index contributed by atoms with van der Waals surface area (Å²) in [6, 6.07) is -0.533. The predicted octanol–water partition coefficient (Wildman–Crippen LogP) is 15.8. The molecule has 0 bridgehead atoms. The average molecular weight is 762 g/mol. The first-order valence-corrected chi connectivity index (χ1v) is 24.9. The molecule has 0 heterocycles. The third-order valence-electron chi connectivity index (χ3n) is 11.8. The number of aliphatic hydroxyl groups is 2. The molecule has 0 saturated heterocycles. The summed E-state index contributed by atoms with van der Waals surface area (Å²) in [7, 11) is 0. The van der Waals surface area contributed by atoms with Crippen molar-refractivity contribution in [1.82, 2.24) is 5.32 Å². The summed E-state index contributed by atoms with van der Waals surface area (Å²) in [5.41, 5.74) is 0. The molecule has 0 saturated carbocycles. The lowest BCUT2D eigenvalue weighted by Gasteiger charge is -2.22. The minimum atomic E-state index is -0.656. The molecule has 0 aromatic rings. The number of amides is 1. The van der Waals surface area contributed by atoms with Crippen molar-refractivity contribution in [3.63, 3.8) is 0 Å². The Balaban J connectivity index is 3.44. The minimum Gasteiger partial charge on any atom is -0.394 e. The van der Waals surface area contributed by atoms with Crippen LogP contribution in [0.1, 0.15) is 284 Å². The highest BCUT2D eigenvalue weighted by atomic mass is 16.3. The first-order valence-electron chi connectivity index (χ1n) is 24.9. The molecular weight excluding hydrogens is 663 g/mol. The largest absolute Gasteiger partial charge is 0.394 e. The number of unbranched alkanes of at least 4 members (excludes halogenated alkanes) is 37. The van der Waals surface area contributed by atoms with Gasteiger partial charge in [-0.1, -0.05) is 251 Å². The maximum Gasteiger partial charge on any atom is 0.220 e. The molecule has 3 N–H and O–H groups in total. The first-order chi connectivity index (χ1) is 26.7. The van der Waals surface area contributed by atoms with Crippen LogP contribution in [0.15, 0.2) is 12.2 Å². The van der Waals surface area contributed by atoms with E-state index in [1.54, 1.807) is 0 Å². The van der Waals surface area contributed by atoms with E-state index in [4.69, 9.17) is 0 Å². The zero-order chi connectivity index (χ0) is 39.3. The van der Waals surface area contributed by atoms with E-state index >= 15 is 0 Å². The van der Waals surface area contributed by atoms with Crippen LogP contribution in [-0.4, -0.2) is 34.9 Å². The SMILES string of the molecule is CCCCCCCCCCCCCC/C=C\CCCCCCCCCCCCCC(=O)NC(CO)C(O)CCCCCCCCCCCCCCCCC. The monoisotopic (exact) mass is 762 g/mol. The lowest BCUT2D eigenvalue weighted by atomic mass is 10.0. The molecule has 2 atom stereocenters. The molecule has 0 aromatic carbocycles. The van der Waals surface area contributed by atoms with Gasteiger partial charge in [0, 0.05) is 6.42 Å². The fraction of sp³-hybridized carbons (Fsp3) is 0.940. The molecular formula is C50H99NO3. The van der Waals surface area contributed by atoms with Crippen molar-refractivity contribution in [2.24, 2.45) is 0 Å². The second-order valence-electron chi connectivity index (χ2n) is 17.2. The quantitative estimate of drug-likeness (QED) is 0.0427. The molecule has 0 aromatic heterocycles. The number of rotatable bonds is 46. The standard InChI is InChI=1S/C50H99NO3/c1-3-5-7-9-11-13-15-17-19-20-21-22-23-24-25-26-27-28-29-30-32-34-36-38-40-42-44-46-50(54)51-48(47-52)49(53)45-43-41-39-37-35-33-31-18-16-14-12-10-8-6-4-2/h24-25,48-49,52-53H,3-23,26-47H2,1-2H3,(H,51,54)/b25-24-. The van der Waals surface area contributed by atoms with Gasteiger partial charge in [-0.15, -0.1) is 0 Å². The third kappa shape index (κ3) is 42.3. The minimum absolute atomic E-state index is 0.0281. The van der Waals surface area contributed by atoms with E-state index in [-0.39, 0.29) is 12.5 Å². The van der Waals surface area contributed by atoms with Crippen molar-refractivity contribution in [3.05, 3.63) is 12.2 Å². The summed E-state index contributed by atoms with van der Waals surface area (Å²) in [4.78, 5) is 12.4. The molecule has 0 fully saturated rings. The highest BCUT2D eigenvalue weighted by Gasteiger charge is 2.20. The van der Waals surface area contributed by atoms with Crippen molar-refractivity contribution >= 4 is 5.91 Å². The summed E-state index contributed by atoms with van der Waals surface area (Å²) in [6.07, 6.45) is 58.9. The van der Waals surface area contributed by atoms with Crippen LogP contribution < -0.4 is 5.32 Å². The Bertz CT molecular complexity index is 739. The number of hydrogen-bond acceptors (Lipinski definition) is 3. The molecule has 322 valence electrons. The molecule has 0 spiro atoms. The van der Waals surface area contributed by atoms with E-state index in [0.29, 0.717) is 12.8 Å². The molecule has 0 aliphatic rings. The summed E-state index contributed by atoms with van der Waals surface area (Å²) in [5.74, 6) is -0.0281. The zero-order valence-corrected chi connectivity index (χ0v) is 37.0. The zero-order valence-electron chi connectivity index (χ0n) is 37.0. The number of aliphatic hydroxyl groups excluding tert-OH is 2. The molecule has 0 radical (unpaired) electrons. The van der Waals surface area contributed by atoms with Gasteiger partial charge in [0.25, 0.3) is 0 Å². The summed E-state index contributed by atoms with van der Waals surface area (Å²) in [5, 5.41) is 23.2. The summed E-state index contributed by atoms with van der Waals surface area (Å²) < 4.78 is 0. The van der Waals surface area contributed by atoms with Crippen molar-refractivity contribution in [1.29, 1.82) is 0 Å². The van der Waals surface area contributed by atoms with Gasteiger partial charge in [-0.25, -0.2) is 0 Å². The maximum atomic E-state index is 12.4. The molecule has 0 rings (SSSR count). The summed E-state index contributed by atoms with van der Waals surface area (Å²) in [6.45, 7) is 4.38. The normalized spacial score (nSPS) is 12.9. The van der Waals surface area contributed by atoms with Gasteiger partial charge in [-0.3, -0.25) is 4.79 Å². The van der Waals surface area contributed by atoms with E-state index in [1.165, 1.54) is 231 Å². The maximum absolute atomic E-state index is 12.4. The van der Waals surface area contributed by atoms with E-state index < -0.39 is 12.1 Å². The van der Waals surface area contributed by atoms with Crippen molar-refractivity contribution in [2.45, 2.75) is 296 Å². The van der Waals surface area contributed by atoms with Gasteiger partial charge >= 0.3 is 0 Å². The van der Waals surface area contributed by atoms with Crippen LogP contribution in [-0.2, 0) is 4.79 Å². The number of carbonyl (C=O) groups is 1. The van der Waals surface area contributed by atoms with Gasteiger partial charge < -0.3 is 15.5 Å². The van der Waals surface area contributed by atoms with Crippen LogP contribution in [0.3, 0.4) is 0 Å². The highest BCUT2D eigenvalue weighted by Crippen LogP contribution is 2.17. The molecule has 2 unspecified atom stereocenters. The second kappa shape index (κ2) is 46.5. The number of hydrogen-bond donors (Lipinski definition) is 3. The van der Waals surface area contributed by atoms with Crippen molar-refractivity contribution in [2.75, 3.05) is 6.61 Å². The Morgan fingerprint density at radius 3 is 1.02 bits per heavy atom. The Kier molecular flexibility index (Phi) is 45.8. The van der Waals surface area contributed by atoms with Gasteiger partial charge in [0.2, 0.25) is 5.91 Å². The van der Waals surface area contributed by atoms with E-state index in [1.807, 2.05) is 0 Å². The highest BCUT2D eigenvalue weighted by molar-refractivity contribution is 5.76.